The molecule has 1 unspecified atom stereocenters. The third-order valence-corrected chi connectivity index (χ3v) is 1.76. The molecule has 0 amide bonds. The number of aliphatic hydroxyl groups excluding tert-OH is 1. The highest BCUT2D eigenvalue weighted by Crippen LogP contribution is 2.20. The number of rotatable bonds is 3. The molecule has 1 rings (SSSR count). The van der Waals surface area contributed by atoms with Gasteiger partial charge < -0.3 is 9.84 Å². The first kappa shape index (κ1) is 9.99. The molecule has 72 valence electrons. The summed E-state index contributed by atoms with van der Waals surface area (Å²) >= 11 is 0. The molecular formula is C10H13FO2. The van der Waals surface area contributed by atoms with Gasteiger partial charge in [-0.15, -0.1) is 0 Å². The van der Waals surface area contributed by atoms with Crippen LogP contribution in [-0.4, -0.2) is 18.3 Å². The molecule has 0 radical (unpaired) electrons. The molecule has 3 heteroatoms. The number of hydrogen-bond donors (Lipinski definition) is 1. The van der Waals surface area contributed by atoms with Crippen LogP contribution in [0.4, 0.5) is 4.39 Å². The van der Waals surface area contributed by atoms with Crippen molar-refractivity contribution in [2.45, 2.75) is 19.4 Å². The minimum Gasteiger partial charge on any atom is -0.496 e. The molecule has 1 aromatic rings. The van der Waals surface area contributed by atoms with Gasteiger partial charge >= 0.3 is 0 Å². The molecule has 0 aliphatic heterocycles. The lowest BCUT2D eigenvalue weighted by Crippen LogP contribution is -2.06. The van der Waals surface area contributed by atoms with Gasteiger partial charge in [0, 0.05) is 6.42 Å². The van der Waals surface area contributed by atoms with Crippen molar-refractivity contribution in [2.75, 3.05) is 7.11 Å². The molecule has 0 aliphatic carbocycles. The fourth-order valence-corrected chi connectivity index (χ4v) is 1.22. The average Bonchev–Trinajstić information content (AvgIpc) is 2.03. The Morgan fingerprint density at radius 3 is 2.77 bits per heavy atom. The summed E-state index contributed by atoms with van der Waals surface area (Å²) in [7, 11) is 1.53. The summed E-state index contributed by atoms with van der Waals surface area (Å²) in [5.41, 5.74) is 0.692. The van der Waals surface area contributed by atoms with E-state index in [1.807, 2.05) is 0 Å². The normalized spacial score (nSPS) is 12.6. The zero-order valence-electron chi connectivity index (χ0n) is 7.75. The predicted octanol–water partition coefficient (Wildman–Crippen LogP) is 1.76. The van der Waals surface area contributed by atoms with Gasteiger partial charge in [0.25, 0.3) is 0 Å². The molecule has 0 saturated heterocycles. The van der Waals surface area contributed by atoms with Crippen molar-refractivity contribution >= 4 is 0 Å². The van der Waals surface area contributed by atoms with Gasteiger partial charge in [-0.25, -0.2) is 4.39 Å². The van der Waals surface area contributed by atoms with Crippen LogP contribution in [-0.2, 0) is 6.42 Å². The Bertz CT molecular complexity index is 284. The Balaban J connectivity index is 2.94. The SMILES string of the molecule is COc1ccc(F)cc1CC(C)O. The van der Waals surface area contributed by atoms with E-state index in [1.165, 1.54) is 19.2 Å². The van der Waals surface area contributed by atoms with Gasteiger partial charge in [-0.1, -0.05) is 0 Å². The van der Waals surface area contributed by atoms with Crippen molar-refractivity contribution in [1.29, 1.82) is 0 Å². The second-order valence-electron chi connectivity index (χ2n) is 3.01. The second kappa shape index (κ2) is 4.23. The summed E-state index contributed by atoms with van der Waals surface area (Å²) in [6, 6.07) is 4.28. The molecule has 1 N–H and O–H groups in total. The number of aliphatic hydroxyl groups is 1. The minimum absolute atomic E-state index is 0.309. The van der Waals surface area contributed by atoms with E-state index in [-0.39, 0.29) is 5.82 Å². The third kappa shape index (κ3) is 2.70. The van der Waals surface area contributed by atoms with Crippen molar-refractivity contribution in [3.63, 3.8) is 0 Å². The van der Waals surface area contributed by atoms with E-state index in [9.17, 15) is 4.39 Å². The van der Waals surface area contributed by atoms with Crippen LogP contribution in [0.2, 0.25) is 0 Å². The Hall–Kier alpha value is -1.09. The number of halogens is 1. The van der Waals surface area contributed by atoms with Gasteiger partial charge in [0.15, 0.2) is 0 Å². The number of methoxy groups -OCH3 is 1. The molecule has 0 spiro atoms. The van der Waals surface area contributed by atoms with Crippen LogP contribution >= 0.6 is 0 Å². The largest absolute Gasteiger partial charge is 0.496 e. The quantitative estimate of drug-likeness (QED) is 0.775. The van der Waals surface area contributed by atoms with Crippen molar-refractivity contribution in [1.82, 2.24) is 0 Å². The highest BCUT2D eigenvalue weighted by Gasteiger charge is 2.06. The lowest BCUT2D eigenvalue weighted by atomic mass is 10.1. The fourth-order valence-electron chi connectivity index (χ4n) is 1.22. The first-order chi connectivity index (χ1) is 6.13. The van der Waals surface area contributed by atoms with Crippen LogP contribution in [0.1, 0.15) is 12.5 Å². The lowest BCUT2D eigenvalue weighted by Gasteiger charge is -2.09. The van der Waals surface area contributed by atoms with E-state index in [2.05, 4.69) is 0 Å². The molecule has 0 aromatic heterocycles. The van der Waals surface area contributed by atoms with E-state index >= 15 is 0 Å². The van der Waals surface area contributed by atoms with Crippen LogP contribution in [0.5, 0.6) is 5.75 Å². The Kier molecular flexibility index (Phi) is 3.25. The molecule has 0 bridgehead atoms. The average molecular weight is 184 g/mol. The molecule has 1 aromatic carbocycles. The number of ether oxygens (including phenoxy) is 1. The zero-order chi connectivity index (χ0) is 9.84. The monoisotopic (exact) mass is 184 g/mol. The summed E-state index contributed by atoms with van der Waals surface area (Å²) in [5, 5.41) is 9.14. The van der Waals surface area contributed by atoms with Crippen LogP contribution in [0, 0.1) is 5.82 Å². The molecule has 0 saturated carbocycles. The predicted molar refractivity (Wildman–Crippen MR) is 48.3 cm³/mol. The molecular weight excluding hydrogens is 171 g/mol. The van der Waals surface area contributed by atoms with Crippen molar-refractivity contribution < 1.29 is 14.2 Å². The standard InChI is InChI=1S/C10H13FO2/c1-7(12)5-8-6-9(11)3-4-10(8)13-2/h3-4,6-7,12H,5H2,1-2H3. The smallest absolute Gasteiger partial charge is 0.123 e. The highest BCUT2D eigenvalue weighted by atomic mass is 19.1. The second-order valence-corrected chi connectivity index (χ2v) is 3.01. The lowest BCUT2D eigenvalue weighted by molar-refractivity contribution is 0.194. The zero-order valence-corrected chi connectivity index (χ0v) is 7.75. The molecule has 1 atom stereocenters. The fraction of sp³-hybridized carbons (Fsp3) is 0.400. The van der Waals surface area contributed by atoms with Gasteiger partial charge in [0.05, 0.1) is 13.2 Å². The molecule has 13 heavy (non-hydrogen) atoms. The molecule has 2 nitrogen and oxygen atoms in total. The van der Waals surface area contributed by atoms with Crippen molar-refractivity contribution in [3.05, 3.63) is 29.6 Å². The first-order valence-electron chi connectivity index (χ1n) is 4.14. The van der Waals surface area contributed by atoms with Crippen LogP contribution < -0.4 is 4.74 Å². The Morgan fingerprint density at radius 2 is 2.23 bits per heavy atom. The molecule has 0 aliphatic rings. The van der Waals surface area contributed by atoms with E-state index in [0.717, 1.165) is 0 Å². The Labute approximate surface area is 77.0 Å². The Morgan fingerprint density at radius 1 is 1.54 bits per heavy atom. The minimum atomic E-state index is -0.490. The maximum absolute atomic E-state index is 12.8. The van der Waals surface area contributed by atoms with Gasteiger partial charge in [-0.05, 0) is 30.7 Å². The summed E-state index contributed by atoms with van der Waals surface area (Å²) in [5.74, 6) is 0.304. The maximum Gasteiger partial charge on any atom is 0.123 e. The summed E-state index contributed by atoms with van der Waals surface area (Å²) in [6.45, 7) is 1.66. The van der Waals surface area contributed by atoms with E-state index in [1.54, 1.807) is 13.0 Å². The van der Waals surface area contributed by atoms with Gasteiger partial charge in [-0.2, -0.15) is 0 Å². The van der Waals surface area contributed by atoms with Crippen molar-refractivity contribution in [2.24, 2.45) is 0 Å². The topological polar surface area (TPSA) is 29.5 Å². The summed E-state index contributed by atoms with van der Waals surface area (Å²) < 4.78 is 17.8. The molecule has 0 heterocycles. The first-order valence-corrected chi connectivity index (χ1v) is 4.14. The maximum atomic E-state index is 12.8. The highest BCUT2D eigenvalue weighted by molar-refractivity contribution is 5.34. The van der Waals surface area contributed by atoms with Gasteiger partial charge in [-0.3, -0.25) is 0 Å². The van der Waals surface area contributed by atoms with Crippen molar-refractivity contribution in [3.8, 4) is 5.75 Å². The summed E-state index contributed by atoms with van der Waals surface area (Å²) in [6.07, 6.45) is -0.0864. The van der Waals surface area contributed by atoms with Crippen LogP contribution in [0.3, 0.4) is 0 Å². The van der Waals surface area contributed by atoms with E-state index < -0.39 is 6.10 Å². The number of benzene rings is 1. The van der Waals surface area contributed by atoms with E-state index in [4.69, 9.17) is 9.84 Å². The molecule has 0 fully saturated rings. The van der Waals surface area contributed by atoms with Gasteiger partial charge in [0.2, 0.25) is 0 Å². The van der Waals surface area contributed by atoms with Crippen LogP contribution in [0.15, 0.2) is 18.2 Å². The summed E-state index contributed by atoms with van der Waals surface area (Å²) in [4.78, 5) is 0. The number of hydrogen-bond acceptors (Lipinski definition) is 2. The van der Waals surface area contributed by atoms with Gasteiger partial charge in [0.1, 0.15) is 11.6 Å². The third-order valence-electron chi connectivity index (χ3n) is 1.76. The van der Waals surface area contributed by atoms with E-state index in [0.29, 0.717) is 17.7 Å². The van der Waals surface area contributed by atoms with Crippen LogP contribution in [0.25, 0.3) is 0 Å².